The average Bonchev–Trinajstić information content (AvgIpc) is 0.722. The summed E-state index contributed by atoms with van der Waals surface area (Å²) in [6.07, 6.45) is 0. The summed E-state index contributed by atoms with van der Waals surface area (Å²) in [6, 6.07) is 0. The first-order valence-electron chi connectivity index (χ1n) is 0.632. The molecule has 0 rings (SSSR count). The summed E-state index contributed by atoms with van der Waals surface area (Å²) < 4.78 is 32.7. The van der Waals surface area contributed by atoms with Gasteiger partial charge in [0.15, 0.2) is 17.4 Å². The van der Waals surface area contributed by atoms with Gasteiger partial charge in [-0.3, -0.25) is 0 Å². The third kappa shape index (κ3) is 107. The highest BCUT2D eigenvalue weighted by Gasteiger charge is 1.98. The van der Waals surface area contributed by atoms with Crippen molar-refractivity contribution >= 4 is 40.4 Å². The van der Waals surface area contributed by atoms with Crippen LogP contribution in [-0.2, 0) is 0 Å². The largest absolute Gasteiger partial charge is 0.316 e. The van der Waals surface area contributed by atoms with E-state index in [1.165, 1.54) is 0 Å². The third-order valence-electron chi connectivity index (χ3n) is 0. The normalized spacial score (nSPS) is 8.57. The summed E-state index contributed by atoms with van der Waals surface area (Å²) in [5.41, 5.74) is 0. The van der Waals surface area contributed by atoms with Crippen LogP contribution in [0.25, 0.3) is 0 Å². The van der Waals surface area contributed by atoms with Crippen LogP contribution in [-0.4, -0.2) is 45.1 Å². The fourth-order valence-corrected chi connectivity index (χ4v) is 0. The Kier molecular flexibility index (Phi) is 12.5. The quantitative estimate of drug-likeness (QED) is 0.354. The van der Waals surface area contributed by atoms with Crippen molar-refractivity contribution in [2.75, 3.05) is 0 Å². The maximum atomic E-state index is 8.60. The van der Waals surface area contributed by atoms with Crippen LogP contribution < -0.4 is 14.0 Å². The topological polar surface area (TPSA) is 89.4 Å². The summed E-state index contributed by atoms with van der Waals surface area (Å²) in [5, 5.41) is 0. The highest BCUT2D eigenvalue weighted by molar-refractivity contribution is 5.76. The van der Waals surface area contributed by atoms with E-state index in [1.54, 1.807) is 0 Å². The molecule has 4 nitrogen and oxygen atoms in total. The summed E-state index contributed by atoms with van der Waals surface area (Å²) in [6.45, 7) is 0. The molecule has 0 atom stereocenters. The van der Waals surface area contributed by atoms with Gasteiger partial charge in [0, 0.05) is 0 Å². The SMILES string of the molecule is [AlH3].[MgH2].[O-][Cl+3]([O-])([O-])O. The van der Waals surface area contributed by atoms with Crippen molar-refractivity contribution in [3.63, 3.8) is 0 Å². The molecule has 0 fully saturated rings. The molecule has 0 unspecified atom stereocenters. The molecule has 0 amide bonds. The van der Waals surface area contributed by atoms with E-state index < -0.39 is 10.2 Å². The molecule has 1 N–H and O–H groups in total. The Morgan fingerprint density at radius 3 is 1.14 bits per heavy atom. The molecule has 0 saturated carbocycles. The minimum Gasteiger partial charge on any atom is -0.183 e. The monoisotopic (exact) mass is 156 g/mol. The molecular formula is H6AlClMgO4. The lowest BCUT2D eigenvalue weighted by Crippen LogP contribution is -2.58. The zero-order valence-corrected chi connectivity index (χ0v) is 2.81. The lowest BCUT2D eigenvalue weighted by Gasteiger charge is -2.03. The maximum Gasteiger partial charge on any atom is 0.316 e. The Morgan fingerprint density at radius 2 is 1.14 bits per heavy atom. The minimum absolute atomic E-state index is 0. The van der Waals surface area contributed by atoms with Crippen molar-refractivity contribution in [1.82, 2.24) is 0 Å². The first kappa shape index (κ1) is 15.8. The molecule has 0 heterocycles. The molecule has 0 aliphatic rings. The van der Waals surface area contributed by atoms with Crippen LogP contribution in [0.5, 0.6) is 0 Å². The Labute approximate surface area is 69.2 Å². The molecule has 7 heteroatoms. The van der Waals surface area contributed by atoms with Crippen molar-refractivity contribution in [2.45, 2.75) is 0 Å². The predicted molar refractivity (Wildman–Crippen MR) is 20.7 cm³/mol. The van der Waals surface area contributed by atoms with E-state index in [0.29, 0.717) is 0 Å². The van der Waals surface area contributed by atoms with E-state index in [9.17, 15) is 0 Å². The number of halogens is 1. The van der Waals surface area contributed by atoms with Crippen LogP contribution in [0.2, 0.25) is 0 Å². The van der Waals surface area contributed by atoms with Gasteiger partial charge in [-0.2, -0.15) is 14.0 Å². The number of hydrogen-bond acceptors (Lipinski definition) is 4. The molecule has 0 aromatic heterocycles. The van der Waals surface area contributed by atoms with Gasteiger partial charge < -0.3 is 0 Å². The fraction of sp³-hybridized carbons (Fsp3) is 0. The lowest BCUT2D eigenvalue weighted by molar-refractivity contribution is -1.92. The molecule has 0 saturated heterocycles. The van der Waals surface area contributed by atoms with Crippen LogP contribution in [0.4, 0.5) is 0 Å². The molecule has 0 radical (unpaired) electrons. The van der Waals surface area contributed by atoms with Gasteiger partial charge in [0.2, 0.25) is 0 Å². The van der Waals surface area contributed by atoms with E-state index >= 15 is 0 Å². The Hall–Kier alpha value is 1.43. The van der Waals surface area contributed by atoms with Gasteiger partial charge in [-0.15, -0.1) is 0 Å². The van der Waals surface area contributed by atoms with Crippen molar-refractivity contribution in [1.29, 1.82) is 0 Å². The standard InChI is InChI=1S/Al.ClHO4.Mg.5H/c;2-1(3,4)5;;;;;;/h;(H,2,3,4,5);;;;;;. The zero-order valence-electron chi connectivity index (χ0n) is 2.05. The smallest absolute Gasteiger partial charge is 0.183 e. The van der Waals surface area contributed by atoms with E-state index in [-0.39, 0.29) is 40.4 Å². The van der Waals surface area contributed by atoms with Crippen molar-refractivity contribution < 1.29 is 28.9 Å². The van der Waals surface area contributed by atoms with Gasteiger partial charge >= 0.3 is 23.1 Å². The molecule has 42 valence electrons. The Balaban J connectivity index is -0.0000000800. The molecule has 0 aromatic rings. The first-order chi connectivity index (χ1) is 2.00. The number of rotatable bonds is 0. The second-order valence-electron chi connectivity index (χ2n) is 0.396. The van der Waals surface area contributed by atoms with Crippen molar-refractivity contribution in [3.8, 4) is 0 Å². The average molecular weight is 157 g/mol. The fourth-order valence-electron chi connectivity index (χ4n) is 0. The van der Waals surface area contributed by atoms with Crippen LogP contribution in [0.15, 0.2) is 0 Å². The van der Waals surface area contributed by atoms with Crippen LogP contribution >= 0.6 is 0 Å². The Morgan fingerprint density at radius 1 is 1.14 bits per heavy atom. The predicted octanol–water partition coefficient (Wildman–Crippen LogP) is -6.22. The third-order valence-corrected chi connectivity index (χ3v) is 0. The lowest BCUT2D eigenvalue weighted by atomic mass is 15.8. The van der Waals surface area contributed by atoms with Gasteiger partial charge in [0.1, 0.15) is 0 Å². The molecule has 0 aliphatic carbocycles. The molecule has 0 aliphatic heterocycles. The number of hydrogen-bond donors (Lipinski definition) is 1. The second kappa shape index (κ2) is 5.56. The maximum absolute atomic E-state index is 8.60. The summed E-state index contributed by atoms with van der Waals surface area (Å²) >= 11 is 0. The molecule has 0 aromatic carbocycles. The van der Waals surface area contributed by atoms with Gasteiger partial charge in [-0.1, -0.05) is 0 Å². The van der Waals surface area contributed by atoms with Gasteiger partial charge in [-0.25, -0.2) is 0 Å². The molecule has 0 bridgehead atoms. The van der Waals surface area contributed by atoms with Gasteiger partial charge in [0.25, 0.3) is 0 Å². The summed E-state index contributed by atoms with van der Waals surface area (Å²) in [4.78, 5) is 0. The second-order valence-corrected chi connectivity index (χ2v) is 1.19. The first-order valence-corrected chi connectivity index (χ1v) is 1.90. The van der Waals surface area contributed by atoms with Gasteiger partial charge in [-0.05, 0) is 0 Å². The minimum atomic E-state index is -4.69. The Bertz CT molecular complexity index is 27.2. The van der Waals surface area contributed by atoms with Gasteiger partial charge in [0.05, 0.1) is 14.9 Å². The van der Waals surface area contributed by atoms with E-state index in [0.717, 1.165) is 0 Å². The van der Waals surface area contributed by atoms with Crippen LogP contribution in [0, 0.1) is 10.2 Å². The van der Waals surface area contributed by atoms with E-state index in [1.807, 2.05) is 0 Å². The molecule has 0 spiro atoms. The summed E-state index contributed by atoms with van der Waals surface area (Å²) in [7, 11) is -4.69. The summed E-state index contributed by atoms with van der Waals surface area (Å²) in [5.74, 6) is 0. The molecule has 7 heavy (non-hydrogen) atoms. The van der Waals surface area contributed by atoms with E-state index in [2.05, 4.69) is 0 Å². The highest BCUT2D eigenvalue weighted by atomic mass is 35.7. The highest BCUT2D eigenvalue weighted by Crippen LogP contribution is 1.60. The zero-order chi connectivity index (χ0) is 4.50. The van der Waals surface area contributed by atoms with E-state index in [4.69, 9.17) is 18.6 Å². The van der Waals surface area contributed by atoms with Crippen molar-refractivity contribution in [3.05, 3.63) is 0 Å². The van der Waals surface area contributed by atoms with Crippen LogP contribution in [0.3, 0.4) is 0 Å². The van der Waals surface area contributed by atoms with Crippen LogP contribution in [0.1, 0.15) is 0 Å². The van der Waals surface area contributed by atoms with Crippen molar-refractivity contribution in [2.24, 2.45) is 0 Å². The molecular weight excluding hydrogens is 151 g/mol.